The van der Waals surface area contributed by atoms with Gasteiger partial charge in [-0.05, 0) is 26.3 Å². The highest BCUT2D eigenvalue weighted by Crippen LogP contribution is 2.24. The summed E-state index contributed by atoms with van der Waals surface area (Å²) in [6.45, 7) is 3.33. The van der Waals surface area contributed by atoms with E-state index in [4.69, 9.17) is 5.11 Å². The van der Waals surface area contributed by atoms with Crippen molar-refractivity contribution in [2.75, 3.05) is 20.1 Å². The predicted molar refractivity (Wildman–Crippen MR) is 73.1 cm³/mol. The molecule has 6 heteroatoms. The van der Waals surface area contributed by atoms with Crippen molar-refractivity contribution in [2.24, 2.45) is 0 Å². The number of hydrogen-bond acceptors (Lipinski definition) is 3. The molecule has 19 heavy (non-hydrogen) atoms. The minimum atomic E-state index is -0.973. The van der Waals surface area contributed by atoms with E-state index < -0.39 is 18.0 Å². The fourth-order valence-corrected chi connectivity index (χ4v) is 1.92. The Balaban J connectivity index is 2.17. The molecule has 0 heterocycles. The normalized spacial score (nSPS) is 16.2. The summed E-state index contributed by atoms with van der Waals surface area (Å²) in [4.78, 5) is 24.8. The number of carbonyl (C=O) groups excluding carboxylic acids is 1. The van der Waals surface area contributed by atoms with Crippen molar-refractivity contribution in [3.05, 3.63) is 0 Å². The standard InChI is InChI=1S/C13H25N3O3/c1-3-4-5-11(12(17)18)15-13(19)14-8-9-16(2)10-6-7-10/h10-11H,3-9H2,1-2H3,(H,17,18)(H2,14,15,19). The molecule has 1 fully saturated rings. The van der Waals surface area contributed by atoms with Gasteiger partial charge in [-0.25, -0.2) is 9.59 Å². The van der Waals surface area contributed by atoms with Crippen LogP contribution in [-0.4, -0.2) is 54.2 Å². The number of hydrogen-bond donors (Lipinski definition) is 3. The van der Waals surface area contributed by atoms with Crippen LogP contribution in [0.2, 0.25) is 0 Å². The van der Waals surface area contributed by atoms with E-state index in [0.717, 1.165) is 19.4 Å². The summed E-state index contributed by atoms with van der Waals surface area (Å²) >= 11 is 0. The number of urea groups is 1. The van der Waals surface area contributed by atoms with E-state index in [1.165, 1.54) is 12.8 Å². The molecule has 0 spiro atoms. The number of nitrogens with zero attached hydrogens (tertiary/aromatic N) is 1. The van der Waals surface area contributed by atoms with E-state index in [1.807, 2.05) is 14.0 Å². The van der Waals surface area contributed by atoms with Crippen LogP contribution >= 0.6 is 0 Å². The fourth-order valence-electron chi connectivity index (χ4n) is 1.92. The summed E-state index contributed by atoms with van der Waals surface area (Å²) in [6, 6.07) is -0.519. The molecule has 0 aliphatic heterocycles. The first-order chi connectivity index (χ1) is 9.04. The van der Waals surface area contributed by atoms with Crippen LogP contribution in [0.25, 0.3) is 0 Å². The zero-order valence-corrected chi connectivity index (χ0v) is 11.8. The summed E-state index contributed by atoms with van der Waals surface area (Å²) in [5.74, 6) is -0.973. The van der Waals surface area contributed by atoms with Gasteiger partial charge in [-0.2, -0.15) is 0 Å². The Kier molecular flexibility index (Phi) is 6.62. The summed E-state index contributed by atoms with van der Waals surface area (Å²) < 4.78 is 0. The SMILES string of the molecule is CCCCC(NC(=O)NCCN(C)C1CC1)C(=O)O. The summed E-state index contributed by atoms with van der Waals surface area (Å²) in [5, 5.41) is 14.2. The van der Waals surface area contributed by atoms with Gasteiger partial charge in [-0.15, -0.1) is 0 Å². The van der Waals surface area contributed by atoms with E-state index in [9.17, 15) is 9.59 Å². The zero-order valence-electron chi connectivity index (χ0n) is 11.8. The van der Waals surface area contributed by atoms with Gasteiger partial charge in [0.1, 0.15) is 6.04 Å². The van der Waals surface area contributed by atoms with Crippen molar-refractivity contribution >= 4 is 12.0 Å². The third kappa shape index (κ3) is 6.42. The van der Waals surface area contributed by atoms with E-state index >= 15 is 0 Å². The molecule has 0 aromatic rings. The number of carboxylic acids is 1. The molecular weight excluding hydrogens is 246 g/mol. The number of aliphatic carboxylic acids is 1. The summed E-state index contributed by atoms with van der Waals surface area (Å²) in [6.07, 6.45) is 4.66. The number of likely N-dealkylation sites (N-methyl/N-ethyl adjacent to an activating group) is 1. The van der Waals surface area contributed by atoms with Gasteiger partial charge in [0.2, 0.25) is 0 Å². The Morgan fingerprint density at radius 2 is 2.11 bits per heavy atom. The average Bonchev–Trinajstić information content (AvgIpc) is 3.18. The smallest absolute Gasteiger partial charge is 0.326 e. The van der Waals surface area contributed by atoms with Crippen LogP contribution in [0.5, 0.6) is 0 Å². The lowest BCUT2D eigenvalue weighted by molar-refractivity contribution is -0.139. The van der Waals surface area contributed by atoms with Gasteiger partial charge in [-0.3, -0.25) is 0 Å². The molecule has 0 aromatic heterocycles. The van der Waals surface area contributed by atoms with Crippen molar-refractivity contribution in [2.45, 2.75) is 51.1 Å². The largest absolute Gasteiger partial charge is 0.480 e. The van der Waals surface area contributed by atoms with Gasteiger partial charge >= 0.3 is 12.0 Å². The highest BCUT2D eigenvalue weighted by atomic mass is 16.4. The fraction of sp³-hybridized carbons (Fsp3) is 0.846. The third-order valence-corrected chi connectivity index (χ3v) is 3.37. The molecule has 2 amide bonds. The second kappa shape index (κ2) is 7.99. The minimum absolute atomic E-state index is 0.396. The van der Waals surface area contributed by atoms with Crippen LogP contribution in [-0.2, 0) is 4.79 Å². The summed E-state index contributed by atoms with van der Waals surface area (Å²) in [7, 11) is 2.04. The van der Waals surface area contributed by atoms with Crippen LogP contribution in [0.15, 0.2) is 0 Å². The third-order valence-electron chi connectivity index (χ3n) is 3.37. The van der Waals surface area contributed by atoms with Crippen molar-refractivity contribution in [1.29, 1.82) is 0 Å². The Morgan fingerprint density at radius 3 is 2.63 bits per heavy atom. The van der Waals surface area contributed by atoms with Crippen LogP contribution < -0.4 is 10.6 Å². The highest BCUT2D eigenvalue weighted by molar-refractivity contribution is 5.82. The molecule has 1 aliphatic carbocycles. The number of nitrogens with one attached hydrogen (secondary N) is 2. The van der Waals surface area contributed by atoms with E-state index in [-0.39, 0.29) is 0 Å². The molecule has 1 aliphatic rings. The second-order valence-corrected chi connectivity index (χ2v) is 5.15. The number of carboxylic acid groups (broad SMARTS) is 1. The second-order valence-electron chi connectivity index (χ2n) is 5.15. The molecule has 0 aromatic carbocycles. The van der Waals surface area contributed by atoms with Crippen molar-refractivity contribution in [3.8, 4) is 0 Å². The molecule has 1 unspecified atom stereocenters. The minimum Gasteiger partial charge on any atom is -0.480 e. The monoisotopic (exact) mass is 271 g/mol. The van der Waals surface area contributed by atoms with Crippen LogP contribution in [0, 0.1) is 0 Å². The van der Waals surface area contributed by atoms with Gasteiger partial charge in [0.25, 0.3) is 0 Å². The van der Waals surface area contributed by atoms with Gasteiger partial charge in [0.05, 0.1) is 0 Å². The van der Waals surface area contributed by atoms with E-state index in [1.54, 1.807) is 0 Å². The van der Waals surface area contributed by atoms with Crippen molar-refractivity contribution < 1.29 is 14.7 Å². The average molecular weight is 271 g/mol. The van der Waals surface area contributed by atoms with Crippen LogP contribution in [0.3, 0.4) is 0 Å². The van der Waals surface area contributed by atoms with Gasteiger partial charge in [0, 0.05) is 19.1 Å². The topological polar surface area (TPSA) is 81.7 Å². The molecule has 0 saturated heterocycles. The molecule has 110 valence electrons. The van der Waals surface area contributed by atoms with Crippen molar-refractivity contribution in [3.63, 3.8) is 0 Å². The lowest BCUT2D eigenvalue weighted by Gasteiger charge is -2.17. The first kappa shape index (κ1) is 15.8. The van der Waals surface area contributed by atoms with Gasteiger partial charge < -0.3 is 20.6 Å². The molecule has 0 bridgehead atoms. The molecule has 0 radical (unpaired) electrons. The number of carbonyl (C=O) groups is 2. The van der Waals surface area contributed by atoms with Gasteiger partial charge in [0.15, 0.2) is 0 Å². The first-order valence-electron chi connectivity index (χ1n) is 7.02. The highest BCUT2D eigenvalue weighted by Gasteiger charge is 2.25. The first-order valence-corrected chi connectivity index (χ1v) is 7.02. The lowest BCUT2D eigenvalue weighted by atomic mass is 10.1. The molecule has 1 atom stereocenters. The predicted octanol–water partition coefficient (Wildman–Crippen LogP) is 1.02. The van der Waals surface area contributed by atoms with E-state index in [2.05, 4.69) is 15.5 Å². The molecule has 1 saturated carbocycles. The Hall–Kier alpha value is -1.30. The number of amides is 2. The molecular formula is C13H25N3O3. The maximum atomic E-state index is 11.6. The number of unbranched alkanes of at least 4 members (excludes halogenated alkanes) is 1. The lowest BCUT2D eigenvalue weighted by Crippen LogP contribution is -2.47. The maximum Gasteiger partial charge on any atom is 0.326 e. The van der Waals surface area contributed by atoms with E-state index in [0.29, 0.717) is 19.0 Å². The van der Waals surface area contributed by atoms with Gasteiger partial charge in [-0.1, -0.05) is 19.8 Å². The Morgan fingerprint density at radius 1 is 1.42 bits per heavy atom. The maximum absolute atomic E-state index is 11.6. The Bertz CT molecular complexity index is 306. The number of rotatable bonds is 9. The molecule has 6 nitrogen and oxygen atoms in total. The Labute approximate surface area is 114 Å². The quantitative estimate of drug-likeness (QED) is 0.585. The van der Waals surface area contributed by atoms with Crippen molar-refractivity contribution in [1.82, 2.24) is 15.5 Å². The molecule has 3 N–H and O–H groups in total. The van der Waals surface area contributed by atoms with Crippen LogP contribution in [0.4, 0.5) is 4.79 Å². The van der Waals surface area contributed by atoms with Crippen LogP contribution in [0.1, 0.15) is 39.0 Å². The zero-order chi connectivity index (χ0) is 14.3. The molecule has 1 rings (SSSR count). The summed E-state index contributed by atoms with van der Waals surface area (Å²) in [5.41, 5.74) is 0.